The number of aliphatic hydroxyl groups excluding tert-OH is 2. The van der Waals surface area contributed by atoms with Gasteiger partial charge in [-0.2, -0.15) is 5.26 Å². The SMILES string of the molecule is N#CC(O)C(O)c1c(O)nc[nH]c1=O. The van der Waals surface area contributed by atoms with Gasteiger partial charge in [0.05, 0.1) is 12.4 Å². The summed E-state index contributed by atoms with van der Waals surface area (Å²) in [6, 6.07) is 1.33. The van der Waals surface area contributed by atoms with Crippen LogP contribution in [-0.4, -0.2) is 31.4 Å². The van der Waals surface area contributed by atoms with E-state index >= 15 is 0 Å². The van der Waals surface area contributed by atoms with Gasteiger partial charge in [-0.3, -0.25) is 4.79 Å². The largest absolute Gasteiger partial charge is 0.493 e. The Labute approximate surface area is 77.9 Å². The third kappa shape index (κ3) is 1.71. The standard InChI is InChI=1S/C7H7N3O4/c8-1-3(11)5(12)4-6(13)9-2-10-7(4)14/h2-3,5,11-12H,(H2,9,10,13,14). The van der Waals surface area contributed by atoms with Gasteiger partial charge < -0.3 is 20.3 Å². The average molecular weight is 197 g/mol. The van der Waals surface area contributed by atoms with E-state index < -0.39 is 29.2 Å². The lowest BCUT2D eigenvalue weighted by atomic mass is 10.1. The van der Waals surface area contributed by atoms with Crippen LogP contribution in [0.4, 0.5) is 0 Å². The molecule has 1 heterocycles. The van der Waals surface area contributed by atoms with E-state index in [4.69, 9.17) is 15.5 Å². The van der Waals surface area contributed by atoms with Gasteiger partial charge in [0.15, 0.2) is 6.10 Å². The van der Waals surface area contributed by atoms with Crippen LogP contribution < -0.4 is 5.56 Å². The molecule has 74 valence electrons. The summed E-state index contributed by atoms with van der Waals surface area (Å²) in [5, 5.41) is 35.6. The molecule has 1 aromatic heterocycles. The van der Waals surface area contributed by atoms with Gasteiger partial charge in [0.1, 0.15) is 11.7 Å². The van der Waals surface area contributed by atoms with Crippen LogP contribution in [0.15, 0.2) is 11.1 Å². The monoisotopic (exact) mass is 197 g/mol. The summed E-state index contributed by atoms with van der Waals surface area (Å²) < 4.78 is 0. The fourth-order valence-corrected chi connectivity index (χ4v) is 0.896. The molecule has 2 atom stereocenters. The number of H-pyrrole nitrogens is 1. The predicted molar refractivity (Wildman–Crippen MR) is 43.1 cm³/mol. The van der Waals surface area contributed by atoms with E-state index in [0.717, 1.165) is 6.33 Å². The summed E-state index contributed by atoms with van der Waals surface area (Å²) in [5.41, 5.74) is -1.33. The molecule has 0 aromatic carbocycles. The van der Waals surface area contributed by atoms with Gasteiger partial charge in [-0.05, 0) is 0 Å². The molecule has 0 radical (unpaired) electrons. The Morgan fingerprint density at radius 3 is 2.71 bits per heavy atom. The smallest absolute Gasteiger partial charge is 0.260 e. The number of aliphatic hydroxyl groups is 2. The summed E-state index contributed by atoms with van der Waals surface area (Å²) in [6.45, 7) is 0. The fraction of sp³-hybridized carbons (Fsp3) is 0.286. The number of hydrogen-bond acceptors (Lipinski definition) is 6. The van der Waals surface area contributed by atoms with Gasteiger partial charge in [0, 0.05) is 0 Å². The van der Waals surface area contributed by atoms with Crippen molar-refractivity contribution in [2.75, 3.05) is 0 Å². The highest BCUT2D eigenvalue weighted by Gasteiger charge is 2.24. The Hall–Kier alpha value is -1.91. The lowest BCUT2D eigenvalue weighted by Crippen LogP contribution is -2.24. The van der Waals surface area contributed by atoms with Crippen molar-refractivity contribution in [3.05, 3.63) is 22.2 Å². The first-order valence-electron chi connectivity index (χ1n) is 3.60. The van der Waals surface area contributed by atoms with Crippen molar-refractivity contribution in [3.8, 4) is 11.9 Å². The maximum Gasteiger partial charge on any atom is 0.260 e. The molecule has 2 unspecified atom stereocenters. The Balaban J connectivity index is 3.20. The Bertz CT molecular complexity index is 422. The molecule has 0 aliphatic rings. The minimum Gasteiger partial charge on any atom is -0.493 e. The summed E-state index contributed by atoms with van der Waals surface area (Å²) in [7, 11) is 0. The first kappa shape index (κ1) is 10.2. The van der Waals surface area contributed by atoms with Gasteiger partial charge in [-0.1, -0.05) is 0 Å². The van der Waals surface area contributed by atoms with E-state index in [1.807, 2.05) is 0 Å². The van der Waals surface area contributed by atoms with Gasteiger partial charge in [0.25, 0.3) is 5.56 Å². The number of aromatic hydroxyl groups is 1. The second-order valence-electron chi connectivity index (χ2n) is 2.49. The number of hydrogen-bond donors (Lipinski definition) is 4. The highest BCUT2D eigenvalue weighted by Crippen LogP contribution is 2.19. The van der Waals surface area contributed by atoms with Gasteiger partial charge in [0.2, 0.25) is 5.88 Å². The van der Waals surface area contributed by atoms with Crippen LogP contribution in [-0.2, 0) is 0 Å². The third-order valence-electron chi connectivity index (χ3n) is 1.60. The minimum absolute atomic E-state index is 0.526. The third-order valence-corrected chi connectivity index (χ3v) is 1.60. The topological polar surface area (TPSA) is 130 Å². The second-order valence-corrected chi connectivity index (χ2v) is 2.49. The van der Waals surface area contributed by atoms with Crippen LogP contribution in [0, 0.1) is 11.3 Å². The molecule has 0 aliphatic carbocycles. The van der Waals surface area contributed by atoms with Gasteiger partial charge in [-0.15, -0.1) is 0 Å². The molecule has 1 aromatic rings. The highest BCUT2D eigenvalue weighted by molar-refractivity contribution is 5.25. The first-order valence-corrected chi connectivity index (χ1v) is 3.60. The molecular formula is C7H7N3O4. The summed E-state index contributed by atoms with van der Waals surface area (Å²) in [6.07, 6.45) is -2.63. The van der Waals surface area contributed by atoms with Crippen LogP contribution in [0.5, 0.6) is 5.88 Å². The van der Waals surface area contributed by atoms with Crippen molar-refractivity contribution in [2.45, 2.75) is 12.2 Å². The molecule has 0 fully saturated rings. The van der Waals surface area contributed by atoms with E-state index in [1.165, 1.54) is 6.07 Å². The predicted octanol–water partition coefficient (Wildman–Crippen LogP) is -1.61. The molecule has 0 spiro atoms. The first-order chi connectivity index (χ1) is 6.57. The van der Waals surface area contributed by atoms with E-state index in [9.17, 15) is 9.90 Å². The summed E-state index contributed by atoms with van der Waals surface area (Å²) in [4.78, 5) is 16.5. The normalized spacial score (nSPS) is 14.4. The number of nitrogens with one attached hydrogen (secondary N) is 1. The van der Waals surface area contributed by atoms with E-state index in [0.29, 0.717) is 0 Å². The molecule has 0 saturated heterocycles. The van der Waals surface area contributed by atoms with Gasteiger partial charge >= 0.3 is 0 Å². The zero-order chi connectivity index (χ0) is 10.7. The molecule has 0 bridgehead atoms. The van der Waals surface area contributed by atoms with Crippen LogP contribution in [0.25, 0.3) is 0 Å². The molecule has 0 saturated carbocycles. The highest BCUT2D eigenvalue weighted by atomic mass is 16.3. The van der Waals surface area contributed by atoms with Crippen molar-refractivity contribution in [2.24, 2.45) is 0 Å². The molecule has 1 rings (SSSR count). The summed E-state index contributed by atoms with van der Waals surface area (Å²) >= 11 is 0. The maximum absolute atomic E-state index is 11.1. The second kappa shape index (κ2) is 3.87. The van der Waals surface area contributed by atoms with Crippen LogP contribution >= 0.6 is 0 Å². The molecular weight excluding hydrogens is 190 g/mol. The van der Waals surface area contributed by atoms with Crippen molar-refractivity contribution in [3.63, 3.8) is 0 Å². The molecule has 14 heavy (non-hydrogen) atoms. The molecule has 7 heteroatoms. The zero-order valence-corrected chi connectivity index (χ0v) is 6.88. The number of aromatic nitrogens is 2. The molecule has 0 amide bonds. The van der Waals surface area contributed by atoms with Gasteiger partial charge in [-0.25, -0.2) is 4.98 Å². The van der Waals surface area contributed by atoms with E-state index in [-0.39, 0.29) is 0 Å². The van der Waals surface area contributed by atoms with Crippen molar-refractivity contribution in [1.82, 2.24) is 9.97 Å². The van der Waals surface area contributed by atoms with Crippen molar-refractivity contribution >= 4 is 0 Å². The number of nitriles is 1. The van der Waals surface area contributed by atoms with E-state index in [2.05, 4.69) is 9.97 Å². The number of aromatic amines is 1. The minimum atomic E-state index is -1.79. The zero-order valence-electron chi connectivity index (χ0n) is 6.88. The van der Waals surface area contributed by atoms with Crippen LogP contribution in [0.1, 0.15) is 11.7 Å². The fourth-order valence-electron chi connectivity index (χ4n) is 0.896. The number of nitrogens with zero attached hydrogens (tertiary/aromatic N) is 2. The average Bonchev–Trinajstić information content (AvgIpc) is 2.16. The van der Waals surface area contributed by atoms with Crippen molar-refractivity contribution in [1.29, 1.82) is 5.26 Å². The lowest BCUT2D eigenvalue weighted by molar-refractivity contribution is 0.0496. The molecule has 7 nitrogen and oxygen atoms in total. The number of rotatable bonds is 2. The molecule has 4 N–H and O–H groups in total. The Morgan fingerprint density at radius 2 is 2.21 bits per heavy atom. The van der Waals surface area contributed by atoms with Crippen molar-refractivity contribution < 1.29 is 15.3 Å². The molecule has 0 aliphatic heterocycles. The maximum atomic E-state index is 11.1. The Morgan fingerprint density at radius 1 is 1.57 bits per heavy atom. The lowest BCUT2D eigenvalue weighted by Gasteiger charge is -2.10. The summed E-state index contributed by atoms with van der Waals surface area (Å²) in [5.74, 6) is -0.712. The van der Waals surface area contributed by atoms with E-state index in [1.54, 1.807) is 0 Å². The quantitative estimate of drug-likeness (QED) is 0.422. The van der Waals surface area contributed by atoms with Crippen LogP contribution in [0.3, 0.4) is 0 Å². The Kier molecular flexibility index (Phi) is 2.81. The van der Waals surface area contributed by atoms with Crippen LogP contribution in [0.2, 0.25) is 0 Å².